The minimum atomic E-state index is 0.822. The van der Waals surface area contributed by atoms with E-state index in [0.717, 1.165) is 24.8 Å². The van der Waals surface area contributed by atoms with Crippen molar-refractivity contribution in [3.05, 3.63) is 42.0 Å². The van der Waals surface area contributed by atoms with Crippen molar-refractivity contribution in [1.82, 2.24) is 5.32 Å². The zero-order chi connectivity index (χ0) is 15.1. The molecule has 0 aromatic heterocycles. The van der Waals surface area contributed by atoms with Crippen molar-refractivity contribution in [1.29, 1.82) is 0 Å². The first-order valence-electron chi connectivity index (χ1n) is 7.96. The van der Waals surface area contributed by atoms with Crippen molar-refractivity contribution in [3.63, 3.8) is 0 Å². The predicted octanol–water partition coefficient (Wildman–Crippen LogP) is 4.76. The largest absolute Gasteiger partial charge is 0.497 e. The smallest absolute Gasteiger partial charge is 0.119 e. The van der Waals surface area contributed by atoms with Crippen molar-refractivity contribution < 1.29 is 4.74 Å². The van der Waals surface area contributed by atoms with Crippen LogP contribution >= 0.6 is 0 Å². The van der Waals surface area contributed by atoms with Gasteiger partial charge in [-0.2, -0.15) is 0 Å². The molecule has 0 aliphatic rings. The van der Waals surface area contributed by atoms with E-state index in [4.69, 9.17) is 4.74 Å². The summed E-state index contributed by atoms with van der Waals surface area (Å²) in [4.78, 5) is 0. The highest BCUT2D eigenvalue weighted by Crippen LogP contribution is 2.21. The van der Waals surface area contributed by atoms with Crippen molar-refractivity contribution >= 4 is 10.8 Å². The van der Waals surface area contributed by atoms with E-state index in [1.807, 2.05) is 6.07 Å². The van der Waals surface area contributed by atoms with E-state index in [1.165, 1.54) is 35.6 Å². The monoisotopic (exact) mass is 285 g/mol. The Morgan fingerprint density at radius 2 is 1.76 bits per heavy atom. The van der Waals surface area contributed by atoms with Gasteiger partial charge in [-0.05, 0) is 53.4 Å². The van der Waals surface area contributed by atoms with Crippen LogP contribution in [0.4, 0.5) is 0 Å². The highest BCUT2D eigenvalue weighted by Gasteiger charge is 1.99. The fourth-order valence-corrected chi connectivity index (χ4v) is 2.55. The molecule has 2 aromatic rings. The van der Waals surface area contributed by atoms with E-state index >= 15 is 0 Å². The summed E-state index contributed by atoms with van der Waals surface area (Å²) < 4.78 is 5.26. The van der Waals surface area contributed by atoms with E-state index in [0.29, 0.717) is 0 Å². The molecule has 21 heavy (non-hydrogen) atoms. The van der Waals surface area contributed by atoms with Gasteiger partial charge in [0.05, 0.1) is 7.11 Å². The van der Waals surface area contributed by atoms with Crippen LogP contribution in [-0.2, 0) is 6.54 Å². The minimum Gasteiger partial charge on any atom is -0.497 e. The Balaban J connectivity index is 1.82. The molecule has 0 atom stereocenters. The molecule has 0 fully saturated rings. The number of unbranched alkanes of at least 4 members (excludes halogenated alkanes) is 1. The maximum atomic E-state index is 5.26. The molecule has 2 heteroatoms. The summed E-state index contributed by atoms with van der Waals surface area (Å²) in [5.41, 5.74) is 1.34. The standard InChI is InChI=1S/C19H27NO/c1-15(2)6-4-5-11-20-14-16-7-8-18-13-19(21-3)10-9-17(18)12-16/h7-10,12-13,15,20H,4-6,11,14H2,1-3H3. The molecule has 0 heterocycles. The highest BCUT2D eigenvalue weighted by molar-refractivity contribution is 5.84. The van der Waals surface area contributed by atoms with E-state index < -0.39 is 0 Å². The van der Waals surface area contributed by atoms with Crippen LogP contribution < -0.4 is 10.1 Å². The van der Waals surface area contributed by atoms with Crippen LogP contribution in [0.1, 0.15) is 38.7 Å². The van der Waals surface area contributed by atoms with E-state index in [2.05, 4.69) is 49.5 Å². The number of benzene rings is 2. The number of rotatable bonds is 8. The molecule has 1 N–H and O–H groups in total. The summed E-state index contributed by atoms with van der Waals surface area (Å²) in [7, 11) is 1.71. The normalized spacial score (nSPS) is 11.2. The van der Waals surface area contributed by atoms with Gasteiger partial charge in [-0.15, -0.1) is 0 Å². The third kappa shape index (κ3) is 5.05. The molecule has 0 aliphatic carbocycles. The predicted molar refractivity (Wildman–Crippen MR) is 90.9 cm³/mol. The lowest BCUT2D eigenvalue weighted by Crippen LogP contribution is -2.14. The van der Waals surface area contributed by atoms with Crippen LogP contribution in [0.3, 0.4) is 0 Å². The van der Waals surface area contributed by atoms with Gasteiger partial charge in [-0.25, -0.2) is 0 Å². The summed E-state index contributed by atoms with van der Waals surface area (Å²) in [6.45, 7) is 6.63. The summed E-state index contributed by atoms with van der Waals surface area (Å²) in [6, 6.07) is 12.9. The van der Waals surface area contributed by atoms with E-state index in [-0.39, 0.29) is 0 Å². The maximum Gasteiger partial charge on any atom is 0.119 e. The van der Waals surface area contributed by atoms with Crippen molar-refractivity contribution in [2.45, 2.75) is 39.7 Å². The van der Waals surface area contributed by atoms with Crippen LogP contribution in [-0.4, -0.2) is 13.7 Å². The molecule has 0 saturated heterocycles. The van der Waals surface area contributed by atoms with Gasteiger partial charge in [-0.3, -0.25) is 0 Å². The molecule has 2 aromatic carbocycles. The fraction of sp³-hybridized carbons (Fsp3) is 0.474. The average Bonchev–Trinajstić information content (AvgIpc) is 2.49. The summed E-state index contributed by atoms with van der Waals surface area (Å²) in [5.74, 6) is 1.74. The van der Waals surface area contributed by atoms with Crippen molar-refractivity contribution in [2.75, 3.05) is 13.7 Å². The lowest BCUT2D eigenvalue weighted by Gasteiger charge is -2.08. The second kappa shape index (κ2) is 8.04. The molecule has 2 rings (SSSR count). The molecule has 0 bridgehead atoms. The van der Waals surface area contributed by atoms with Gasteiger partial charge in [0.2, 0.25) is 0 Å². The molecule has 0 spiro atoms. The van der Waals surface area contributed by atoms with E-state index in [9.17, 15) is 0 Å². The number of hydrogen-bond acceptors (Lipinski definition) is 2. The van der Waals surface area contributed by atoms with Crippen LogP contribution in [0, 0.1) is 5.92 Å². The highest BCUT2D eigenvalue weighted by atomic mass is 16.5. The van der Waals surface area contributed by atoms with Crippen LogP contribution in [0.15, 0.2) is 36.4 Å². The molecule has 2 nitrogen and oxygen atoms in total. The second-order valence-electron chi connectivity index (χ2n) is 6.11. The quantitative estimate of drug-likeness (QED) is 0.706. The number of hydrogen-bond donors (Lipinski definition) is 1. The Morgan fingerprint density at radius 3 is 2.52 bits per heavy atom. The molecular weight excluding hydrogens is 258 g/mol. The van der Waals surface area contributed by atoms with Gasteiger partial charge >= 0.3 is 0 Å². The summed E-state index contributed by atoms with van der Waals surface area (Å²) in [5, 5.41) is 6.04. The van der Waals surface area contributed by atoms with Gasteiger partial charge in [0, 0.05) is 6.54 Å². The second-order valence-corrected chi connectivity index (χ2v) is 6.11. The zero-order valence-electron chi connectivity index (χ0n) is 13.5. The Kier molecular flexibility index (Phi) is 6.06. The van der Waals surface area contributed by atoms with Crippen molar-refractivity contribution in [3.8, 4) is 5.75 Å². The first-order valence-corrected chi connectivity index (χ1v) is 7.96. The summed E-state index contributed by atoms with van der Waals surface area (Å²) in [6.07, 6.45) is 3.92. The average molecular weight is 285 g/mol. The van der Waals surface area contributed by atoms with Gasteiger partial charge in [0.15, 0.2) is 0 Å². The van der Waals surface area contributed by atoms with Crippen LogP contribution in [0.25, 0.3) is 10.8 Å². The minimum absolute atomic E-state index is 0.822. The van der Waals surface area contributed by atoms with Crippen LogP contribution in [0.2, 0.25) is 0 Å². The Hall–Kier alpha value is -1.54. The van der Waals surface area contributed by atoms with Crippen LogP contribution in [0.5, 0.6) is 5.75 Å². The fourth-order valence-electron chi connectivity index (χ4n) is 2.55. The lowest BCUT2D eigenvalue weighted by atomic mass is 10.1. The topological polar surface area (TPSA) is 21.3 Å². The molecule has 0 aliphatic heterocycles. The molecule has 114 valence electrons. The van der Waals surface area contributed by atoms with Gasteiger partial charge in [0.25, 0.3) is 0 Å². The maximum absolute atomic E-state index is 5.26. The number of fused-ring (bicyclic) bond motifs is 1. The Morgan fingerprint density at radius 1 is 1.00 bits per heavy atom. The number of methoxy groups -OCH3 is 1. The molecule has 0 saturated carbocycles. The first kappa shape index (κ1) is 15.8. The van der Waals surface area contributed by atoms with Gasteiger partial charge < -0.3 is 10.1 Å². The molecule has 0 amide bonds. The summed E-state index contributed by atoms with van der Waals surface area (Å²) >= 11 is 0. The first-order chi connectivity index (χ1) is 10.2. The molecular formula is C19H27NO. The van der Waals surface area contributed by atoms with E-state index in [1.54, 1.807) is 7.11 Å². The Bertz CT molecular complexity index is 562. The van der Waals surface area contributed by atoms with Gasteiger partial charge in [0.1, 0.15) is 5.75 Å². The zero-order valence-corrected chi connectivity index (χ0v) is 13.5. The molecule has 0 radical (unpaired) electrons. The number of ether oxygens (including phenoxy) is 1. The van der Waals surface area contributed by atoms with Crippen molar-refractivity contribution in [2.24, 2.45) is 5.92 Å². The third-order valence-electron chi connectivity index (χ3n) is 3.83. The van der Waals surface area contributed by atoms with Gasteiger partial charge in [-0.1, -0.05) is 44.9 Å². The Labute approximate surface area is 128 Å². The number of nitrogens with one attached hydrogen (secondary N) is 1. The SMILES string of the molecule is COc1ccc2cc(CNCCCCC(C)C)ccc2c1. The molecule has 0 unspecified atom stereocenters. The third-order valence-corrected chi connectivity index (χ3v) is 3.83. The lowest BCUT2D eigenvalue weighted by molar-refractivity contribution is 0.415.